The summed E-state index contributed by atoms with van der Waals surface area (Å²) in [7, 11) is 3.25. The Bertz CT molecular complexity index is 910. The second-order valence-corrected chi connectivity index (χ2v) is 8.85. The first-order chi connectivity index (χ1) is 14.7. The number of carbonyl (C=O) groups is 1. The lowest BCUT2D eigenvalue weighted by atomic mass is 9.91. The third-order valence-corrected chi connectivity index (χ3v) is 5.36. The smallest absolute Gasteiger partial charge is 0.315 e. The van der Waals surface area contributed by atoms with Crippen molar-refractivity contribution in [3.63, 3.8) is 0 Å². The van der Waals surface area contributed by atoms with Crippen LogP contribution in [-0.2, 0) is 13.0 Å². The molecule has 2 aromatic rings. The molecule has 0 radical (unpaired) electrons. The molecule has 2 amide bonds. The molecule has 0 bridgehead atoms. The number of fused-ring (bicyclic) bond motifs is 1. The van der Waals surface area contributed by atoms with Crippen LogP contribution in [0.3, 0.4) is 0 Å². The molecule has 0 aliphatic carbocycles. The second-order valence-electron chi connectivity index (χ2n) is 8.85. The van der Waals surface area contributed by atoms with Crippen molar-refractivity contribution in [3.05, 3.63) is 58.9 Å². The number of urea groups is 1. The summed E-state index contributed by atoms with van der Waals surface area (Å²) in [5.74, 6) is 1.11. The van der Waals surface area contributed by atoms with E-state index in [0.717, 1.165) is 24.1 Å². The Hall–Kier alpha value is -2.80. The van der Waals surface area contributed by atoms with Crippen LogP contribution >= 0.6 is 0 Å². The van der Waals surface area contributed by atoms with Crippen LogP contribution in [0, 0.1) is 5.82 Å². The molecule has 168 valence electrons. The van der Waals surface area contributed by atoms with Crippen LogP contribution in [0.15, 0.2) is 36.4 Å². The maximum Gasteiger partial charge on any atom is 0.315 e. The molecule has 3 rings (SSSR count). The topological polar surface area (TPSA) is 62.8 Å². The van der Waals surface area contributed by atoms with Gasteiger partial charge in [-0.25, -0.2) is 9.18 Å². The van der Waals surface area contributed by atoms with Crippen molar-refractivity contribution in [1.29, 1.82) is 0 Å². The van der Waals surface area contributed by atoms with E-state index in [-0.39, 0.29) is 23.4 Å². The molecule has 2 N–H and O–H groups in total. The van der Waals surface area contributed by atoms with Crippen LogP contribution in [-0.4, -0.2) is 43.8 Å². The van der Waals surface area contributed by atoms with Crippen molar-refractivity contribution in [3.8, 4) is 11.5 Å². The molecular weight excluding hydrogens is 397 g/mol. The fourth-order valence-corrected chi connectivity index (χ4v) is 3.91. The zero-order valence-electron chi connectivity index (χ0n) is 18.9. The average Bonchev–Trinajstić information content (AvgIpc) is 2.72. The van der Waals surface area contributed by atoms with Gasteiger partial charge in [0.1, 0.15) is 5.82 Å². The van der Waals surface area contributed by atoms with Gasteiger partial charge in [0.05, 0.1) is 20.3 Å². The summed E-state index contributed by atoms with van der Waals surface area (Å²) in [6.07, 6.45) is 0.849. The average molecular weight is 430 g/mol. The molecule has 0 saturated heterocycles. The molecule has 0 spiro atoms. The summed E-state index contributed by atoms with van der Waals surface area (Å²) in [5, 5.41) is 5.96. The van der Waals surface area contributed by atoms with E-state index in [0.29, 0.717) is 24.6 Å². The minimum absolute atomic E-state index is 0.0562. The van der Waals surface area contributed by atoms with Crippen molar-refractivity contribution in [2.75, 3.05) is 27.3 Å². The Morgan fingerprint density at radius 1 is 1.13 bits per heavy atom. The van der Waals surface area contributed by atoms with Gasteiger partial charge in [0.25, 0.3) is 0 Å². The molecular formula is C24H32FN3O3. The normalized spacial score (nSPS) is 16.4. The molecule has 6 nitrogen and oxygen atoms in total. The zero-order valence-corrected chi connectivity index (χ0v) is 18.9. The van der Waals surface area contributed by atoms with Crippen molar-refractivity contribution in [1.82, 2.24) is 15.5 Å². The molecule has 1 atom stereocenters. The van der Waals surface area contributed by atoms with Crippen LogP contribution in [0.2, 0.25) is 0 Å². The Balaban J connectivity index is 1.88. The summed E-state index contributed by atoms with van der Waals surface area (Å²) in [4.78, 5) is 14.7. The molecule has 0 fully saturated rings. The molecule has 1 heterocycles. The van der Waals surface area contributed by atoms with Gasteiger partial charge >= 0.3 is 6.03 Å². The fourth-order valence-electron chi connectivity index (χ4n) is 3.91. The number of hydrogen-bond acceptors (Lipinski definition) is 4. The predicted molar refractivity (Wildman–Crippen MR) is 119 cm³/mol. The number of carbonyl (C=O) groups excluding carboxylic acids is 1. The highest BCUT2D eigenvalue weighted by Gasteiger charge is 2.30. The monoisotopic (exact) mass is 429 g/mol. The highest BCUT2D eigenvalue weighted by molar-refractivity contribution is 5.74. The molecule has 1 aliphatic heterocycles. The summed E-state index contributed by atoms with van der Waals surface area (Å²) in [6.45, 7) is 7.74. The van der Waals surface area contributed by atoms with Crippen LogP contribution in [0.1, 0.15) is 43.5 Å². The number of rotatable bonds is 6. The number of nitrogens with zero attached hydrogens (tertiary/aromatic N) is 1. The Labute approximate surface area is 183 Å². The van der Waals surface area contributed by atoms with Gasteiger partial charge in [-0.15, -0.1) is 0 Å². The van der Waals surface area contributed by atoms with E-state index < -0.39 is 0 Å². The van der Waals surface area contributed by atoms with E-state index in [1.54, 1.807) is 26.4 Å². The molecule has 1 aliphatic rings. The van der Waals surface area contributed by atoms with Crippen molar-refractivity contribution in [2.45, 2.75) is 45.3 Å². The maximum atomic E-state index is 13.3. The van der Waals surface area contributed by atoms with Crippen molar-refractivity contribution in [2.24, 2.45) is 0 Å². The Morgan fingerprint density at radius 2 is 1.77 bits per heavy atom. The lowest BCUT2D eigenvalue weighted by Crippen LogP contribution is -2.49. The molecule has 1 unspecified atom stereocenters. The lowest BCUT2D eigenvalue weighted by molar-refractivity contribution is 0.169. The fraction of sp³-hybridized carbons (Fsp3) is 0.458. The zero-order chi connectivity index (χ0) is 22.6. The van der Waals surface area contributed by atoms with Crippen molar-refractivity contribution < 1.29 is 18.7 Å². The van der Waals surface area contributed by atoms with Crippen LogP contribution in [0.5, 0.6) is 11.5 Å². The molecule has 0 aromatic heterocycles. The first-order valence-corrected chi connectivity index (χ1v) is 10.5. The molecule has 2 aromatic carbocycles. The number of ether oxygens (including phenoxy) is 2. The van der Waals surface area contributed by atoms with Crippen LogP contribution < -0.4 is 20.1 Å². The molecule has 7 heteroatoms. The largest absolute Gasteiger partial charge is 0.493 e. The quantitative estimate of drug-likeness (QED) is 0.728. The lowest BCUT2D eigenvalue weighted by Gasteiger charge is -2.38. The number of amides is 2. The number of methoxy groups -OCH3 is 2. The first-order valence-electron chi connectivity index (χ1n) is 10.5. The minimum Gasteiger partial charge on any atom is -0.493 e. The highest BCUT2D eigenvalue weighted by Crippen LogP contribution is 2.38. The molecule has 0 saturated carbocycles. The van der Waals surface area contributed by atoms with Gasteiger partial charge in [0.15, 0.2) is 11.5 Å². The summed E-state index contributed by atoms with van der Waals surface area (Å²) >= 11 is 0. The number of nitrogens with one attached hydrogen (secondary N) is 2. The van der Waals surface area contributed by atoms with E-state index >= 15 is 0 Å². The van der Waals surface area contributed by atoms with E-state index in [1.165, 1.54) is 17.7 Å². The van der Waals surface area contributed by atoms with E-state index in [9.17, 15) is 9.18 Å². The van der Waals surface area contributed by atoms with Crippen LogP contribution in [0.25, 0.3) is 0 Å². The van der Waals surface area contributed by atoms with Gasteiger partial charge in [0.2, 0.25) is 0 Å². The third kappa shape index (κ3) is 5.88. The highest BCUT2D eigenvalue weighted by atomic mass is 19.1. The predicted octanol–water partition coefficient (Wildman–Crippen LogP) is 4.04. The second kappa shape index (κ2) is 9.56. The summed E-state index contributed by atoms with van der Waals surface area (Å²) in [6, 6.07) is 10.3. The van der Waals surface area contributed by atoms with E-state index in [2.05, 4.69) is 15.5 Å². The first kappa shape index (κ1) is 22.9. The van der Waals surface area contributed by atoms with E-state index in [4.69, 9.17) is 9.47 Å². The molecule has 31 heavy (non-hydrogen) atoms. The van der Waals surface area contributed by atoms with Crippen molar-refractivity contribution >= 4 is 6.03 Å². The number of benzene rings is 2. The third-order valence-electron chi connectivity index (χ3n) is 5.36. The SMILES string of the molecule is COc1cc2c(cc1OC)C(CNC(=O)NC(C)(C)C)N(Cc1ccc(F)cc1)CC2. The van der Waals surface area contributed by atoms with Gasteiger partial charge in [-0.3, -0.25) is 4.90 Å². The minimum atomic E-state index is -0.320. The Kier molecular flexibility index (Phi) is 7.05. The standard InChI is InChI=1S/C24H32FN3O3/c1-24(2,3)27-23(29)26-14-20-19-13-22(31-5)21(30-4)12-17(19)10-11-28(20)15-16-6-8-18(25)9-7-16/h6-9,12-13,20H,10-11,14-15H2,1-5H3,(H2,26,27,29). The van der Waals surface area contributed by atoms with Gasteiger partial charge < -0.3 is 20.1 Å². The van der Waals surface area contributed by atoms with Gasteiger partial charge in [-0.05, 0) is 68.1 Å². The summed E-state index contributed by atoms with van der Waals surface area (Å²) in [5.41, 5.74) is 2.98. The van der Waals surface area contributed by atoms with Crippen LogP contribution in [0.4, 0.5) is 9.18 Å². The van der Waals surface area contributed by atoms with E-state index in [1.807, 2.05) is 32.9 Å². The number of halogens is 1. The van der Waals surface area contributed by atoms with Gasteiger partial charge in [-0.2, -0.15) is 0 Å². The van der Waals surface area contributed by atoms with Gasteiger partial charge in [-0.1, -0.05) is 12.1 Å². The number of hydrogen-bond donors (Lipinski definition) is 2. The summed E-state index contributed by atoms with van der Waals surface area (Å²) < 4.78 is 24.3. The maximum absolute atomic E-state index is 13.3. The Morgan fingerprint density at radius 3 is 2.39 bits per heavy atom. The van der Waals surface area contributed by atoms with Gasteiger partial charge in [0, 0.05) is 25.2 Å².